The van der Waals surface area contributed by atoms with E-state index in [2.05, 4.69) is 10.6 Å². The molecule has 0 radical (unpaired) electrons. The molecule has 1 heterocycles. The van der Waals surface area contributed by atoms with Crippen molar-refractivity contribution in [3.8, 4) is 0 Å². The second-order valence-electron chi connectivity index (χ2n) is 5.17. The zero-order valence-electron chi connectivity index (χ0n) is 12.3. The minimum atomic E-state index is -0.667. The highest BCUT2D eigenvalue weighted by molar-refractivity contribution is 7.12. The lowest BCUT2D eigenvalue weighted by Crippen LogP contribution is -2.46. The van der Waals surface area contributed by atoms with Crippen molar-refractivity contribution in [2.45, 2.75) is 19.9 Å². The second-order valence-corrected chi connectivity index (χ2v) is 6.12. The Morgan fingerprint density at radius 3 is 2.36 bits per heavy atom. The predicted molar refractivity (Wildman–Crippen MR) is 85.4 cm³/mol. The fourth-order valence-corrected chi connectivity index (χ4v) is 2.54. The zero-order chi connectivity index (χ0) is 16.1. The number of carbonyl (C=O) groups excluding carboxylic acids is 2. The van der Waals surface area contributed by atoms with Crippen LogP contribution in [-0.4, -0.2) is 17.9 Å². The van der Waals surface area contributed by atoms with Crippen molar-refractivity contribution in [1.82, 2.24) is 5.32 Å². The van der Waals surface area contributed by atoms with Gasteiger partial charge in [0.05, 0.1) is 4.88 Å². The normalized spacial score (nSPS) is 12.0. The highest BCUT2D eigenvalue weighted by atomic mass is 32.1. The molecule has 2 aromatic rings. The summed E-state index contributed by atoms with van der Waals surface area (Å²) in [6.45, 7) is 3.70. The Hall–Kier alpha value is -2.21. The molecule has 2 amide bonds. The van der Waals surface area contributed by atoms with Crippen LogP contribution in [0.25, 0.3) is 0 Å². The summed E-state index contributed by atoms with van der Waals surface area (Å²) in [6.07, 6.45) is 0. The van der Waals surface area contributed by atoms with Crippen molar-refractivity contribution in [3.63, 3.8) is 0 Å². The summed E-state index contributed by atoms with van der Waals surface area (Å²) >= 11 is 1.32. The predicted octanol–water partition coefficient (Wildman–Crippen LogP) is 3.28. The third-order valence-corrected chi connectivity index (χ3v) is 3.96. The Morgan fingerprint density at radius 2 is 1.82 bits per heavy atom. The Morgan fingerprint density at radius 1 is 1.14 bits per heavy atom. The molecular weight excluding hydrogens is 303 g/mol. The van der Waals surface area contributed by atoms with E-state index in [1.807, 2.05) is 13.8 Å². The first-order chi connectivity index (χ1) is 10.5. The summed E-state index contributed by atoms with van der Waals surface area (Å²) in [5.41, 5.74) is 0.488. The van der Waals surface area contributed by atoms with Gasteiger partial charge in [-0.1, -0.05) is 19.9 Å². The molecule has 1 atom stereocenters. The van der Waals surface area contributed by atoms with Crippen LogP contribution in [0.2, 0.25) is 0 Å². The van der Waals surface area contributed by atoms with Crippen LogP contribution in [0.3, 0.4) is 0 Å². The molecule has 0 fully saturated rings. The molecule has 0 unspecified atom stereocenters. The number of nitrogens with one attached hydrogen (secondary N) is 2. The first-order valence-electron chi connectivity index (χ1n) is 6.88. The largest absolute Gasteiger partial charge is 0.339 e. The van der Waals surface area contributed by atoms with Gasteiger partial charge in [-0.2, -0.15) is 0 Å². The maximum Gasteiger partial charge on any atom is 0.262 e. The fraction of sp³-hybridized carbons (Fsp3) is 0.250. The number of thiophene rings is 1. The number of anilines is 1. The first kappa shape index (κ1) is 16.2. The minimum absolute atomic E-state index is 0.0793. The van der Waals surface area contributed by atoms with Crippen LogP contribution >= 0.6 is 11.3 Å². The molecule has 0 aliphatic carbocycles. The number of rotatable bonds is 5. The van der Waals surface area contributed by atoms with Crippen molar-refractivity contribution >= 4 is 28.8 Å². The van der Waals surface area contributed by atoms with Crippen LogP contribution in [0, 0.1) is 11.7 Å². The summed E-state index contributed by atoms with van der Waals surface area (Å²) in [5.74, 6) is -1.05. The maximum absolute atomic E-state index is 12.9. The van der Waals surface area contributed by atoms with Crippen LogP contribution < -0.4 is 10.6 Å². The van der Waals surface area contributed by atoms with Gasteiger partial charge in [-0.05, 0) is 41.6 Å². The molecular formula is C16H17FN2O2S. The zero-order valence-corrected chi connectivity index (χ0v) is 13.1. The molecule has 22 heavy (non-hydrogen) atoms. The Kier molecular flexibility index (Phi) is 5.27. The van der Waals surface area contributed by atoms with Crippen LogP contribution in [0.4, 0.5) is 10.1 Å². The lowest BCUT2D eigenvalue weighted by atomic mass is 10.0. The Labute approximate surface area is 132 Å². The molecule has 0 saturated carbocycles. The lowest BCUT2D eigenvalue weighted by Gasteiger charge is -2.21. The quantitative estimate of drug-likeness (QED) is 0.888. The highest BCUT2D eigenvalue weighted by Gasteiger charge is 2.25. The van der Waals surface area contributed by atoms with Gasteiger partial charge in [0.2, 0.25) is 5.91 Å². The van der Waals surface area contributed by atoms with Crippen molar-refractivity contribution in [3.05, 3.63) is 52.5 Å². The minimum Gasteiger partial charge on any atom is -0.339 e. The average Bonchev–Trinajstić information content (AvgIpc) is 3.00. The smallest absolute Gasteiger partial charge is 0.262 e. The van der Waals surface area contributed by atoms with Crippen LogP contribution in [0.5, 0.6) is 0 Å². The summed E-state index contributed by atoms with van der Waals surface area (Å²) in [7, 11) is 0. The lowest BCUT2D eigenvalue weighted by molar-refractivity contribution is -0.118. The molecule has 0 spiro atoms. The third-order valence-electron chi connectivity index (χ3n) is 3.09. The third kappa shape index (κ3) is 4.14. The Bertz CT molecular complexity index is 639. The van der Waals surface area contributed by atoms with E-state index in [1.165, 1.54) is 35.6 Å². The van der Waals surface area contributed by atoms with E-state index >= 15 is 0 Å². The molecule has 0 aliphatic heterocycles. The van der Waals surface area contributed by atoms with Gasteiger partial charge >= 0.3 is 0 Å². The monoisotopic (exact) mass is 320 g/mol. The van der Waals surface area contributed by atoms with Gasteiger partial charge in [-0.15, -0.1) is 11.3 Å². The SMILES string of the molecule is CC(C)[C@@H](NC(=O)c1cccs1)C(=O)Nc1ccc(F)cc1. The van der Waals surface area contributed by atoms with E-state index in [-0.39, 0.29) is 23.5 Å². The summed E-state index contributed by atoms with van der Waals surface area (Å²) < 4.78 is 12.9. The molecule has 0 bridgehead atoms. The van der Waals surface area contributed by atoms with Gasteiger partial charge in [-0.25, -0.2) is 4.39 Å². The van der Waals surface area contributed by atoms with E-state index in [0.717, 1.165) is 0 Å². The molecule has 0 saturated heterocycles. The number of hydrogen-bond acceptors (Lipinski definition) is 3. The molecule has 2 N–H and O–H groups in total. The van der Waals surface area contributed by atoms with Crippen molar-refractivity contribution in [1.29, 1.82) is 0 Å². The molecule has 116 valence electrons. The van der Waals surface area contributed by atoms with Crippen LogP contribution in [0.15, 0.2) is 41.8 Å². The van der Waals surface area contributed by atoms with E-state index in [0.29, 0.717) is 10.6 Å². The van der Waals surface area contributed by atoms with Gasteiger partial charge < -0.3 is 10.6 Å². The Balaban J connectivity index is 2.05. The number of hydrogen-bond donors (Lipinski definition) is 2. The number of halogens is 1. The molecule has 1 aromatic carbocycles. The van der Waals surface area contributed by atoms with Gasteiger partial charge in [-0.3, -0.25) is 9.59 Å². The molecule has 2 rings (SSSR count). The summed E-state index contributed by atoms with van der Waals surface area (Å²) in [4.78, 5) is 25.0. The van der Waals surface area contributed by atoms with Crippen molar-refractivity contribution < 1.29 is 14.0 Å². The standard InChI is InChI=1S/C16H17FN2O2S/c1-10(2)14(19-15(20)13-4-3-9-22-13)16(21)18-12-7-5-11(17)6-8-12/h3-10,14H,1-2H3,(H,18,21)(H,19,20)/t14-/m1/s1. The van der Waals surface area contributed by atoms with Gasteiger partial charge in [0, 0.05) is 5.69 Å². The topological polar surface area (TPSA) is 58.2 Å². The molecule has 4 nitrogen and oxygen atoms in total. The fourth-order valence-electron chi connectivity index (χ4n) is 1.91. The first-order valence-corrected chi connectivity index (χ1v) is 7.76. The molecule has 1 aromatic heterocycles. The van der Waals surface area contributed by atoms with E-state index < -0.39 is 6.04 Å². The van der Waals surface area contributed by atoms with E-state index in [9.17, 15) is 14.0 Å². The van der Waals surface area contributed by atoms with Gasteiger partial charge in [0.25, 0.3) is 5.91 Å². The maximum atomic E-state index is 12.9. The number of carbonyl (C=O) groups is 2. The van der Waals surface area contributed by atoms with Crippen molar-refractivity contribution in [2.24, 2.45) is 5.92 Å². The average molecular weight is 320 g/mol. The summed E-state index contributed by atoms with van der Waals surface area (Å²) in [6, 6.07) is 8.31. The van der Waals surface area contributed by atoms with E-state index in [1.54, 1.807) is 17.5 Å². The number of amides is 2. The second kappa shape index (κ2) is 7.17. The van der Waals surface area contributed by atoms with Crippen molar-refractivity contribution in [2.75, 3.05) is 5.32 Å². The highest BCUT2D eigenvalue weighted by Crippen LogP contribution is 2.13. The summed E-state index contributed by atoms with van der Waals surface area (Å²) in [5, 5.41) is 7.22. The molecule has 0 aliphatic rings. The van der Waals surface area contributed by atoms with Crippen LogP contribution in [-0.2, 0) is 4.79 Å². The molecule has 6 heteroatoms. The number of benzene rings is 1. The van der Waals surface area contributed by atoms with Gasteiger partial charge in [0.15, 0.2) is 0 Å². The van der Waals surface area contributed by atoms with Crippen LogP contribution in [0.1, 0.15) is 23.5 Å². The van der Waals surface area contributed by atoms with Gasteiger partial charge in [0.1, 0.15) is 11.9 Å². The van der Waals surface area contributed by atoms with E-state index in [4.69, 9.17) is 0 Å².